The first kappa shape index (κ1) is 18.9. The van der Waals surface area contributed by atoms with E-state index in [1.54, 1.807) is 20.8 Å². The van der Waals surface area contributed by atoms with Gasteiger partial charge in [0.05, 0.1) is 4.75 Å². The molecule has 1 aliphatic rings. The Morgan fingerprint density at radius 2 is 1.67 bits per heavy atom. The van der Waals surface area contributed by atoms with Crippen molar-refractivity contribution in [1.82, 2.24) is 4.72 Å². The van der Waals surface area contributed by atoms with Crippen LogP contribution in [0.5, 0.6) is 11.5 Å². The molecule has 1 heterocycles. The Labute approximate surface area is 145 Å². The summed E-state index contributed by atoms with van der Waals surface area (Å²) in [5, 5.41) is 3.35. The van der Waals surface area contributed by atoms with Gasteiger partial charge in [0.1, 0.15) is 13.2 Å². The quantitative estimate of drug-likeness (QED) is 0.701. The van der Waals surface area contributed by atoms with Crippen molar-refractivity contribution in [2.45, 2.75) is 44.8 Å². The van der Waals surface area contributed by atoms with Crippen molar-refractivity contribution in [3.63, 3.8) is 0 Å². The van der Waals surface area contributed by atoms with Gasteiger partial charge in [-0.15, -0.1) is 0 Å². The Bertz CT molecular complexity index is 638. The van der Waals surface area contributed by atoms with Crippen LogP contribution in [0.1, 0.15) is 40.0 Å². The third-order valence-corrected chi connectivity index (χ3v) is 6.02. The molecule has 6 nitrogen and oxygen atoms in total. The minimum Gasteiger partial charge on any atom is -0.486 e. The molecule has 1 aromatic rings. The SMILES string of the molecule is CC(C)(C)S(=O)(=O)NCCCCCNc1ccc2c(c1)OCCO2. The standard InChI is InChI=1S/C17H28N2O4S/c1-17(2,3)24(20,21)19-10-6-4-5-9-18-14-7-8-15-16(13-14)23-12-11-22-15/h7-8,13,18-19H,4-6,9-12H2,1-3H3. The summed E-state index contributed by atoms with van der Waals surface area (Å²) < 4.78 is 36.7. The van der Waals surface area contributed by atoms with Crippen LogP contribution in [0.3, 0.4) is 0 Å². The van der Waals surface area contributed by atoms with Gasteiger partial charge < -0.3 is 14.8 Å². The first-order valence-electron chi connectivity index (χ1n) is 8.42. The van der Waals surface area contributed by atoms with Gasteiger partial charge in [-0.1, -0.05) is 6.42 Å². The van der Waals surface area contributed by atoms with Crippen molar-refractivity contribution in [3.05, 3.63) is 18.2 Å². The lowest BCUT2D eigenvalue weighted by Crippen LogP contribution is -2.39. The highest BCUT2D eigenvalue weighted by atomic mass is 32.2. The molecule has 0 fully saturated rings. The van der Waals surface area contributed by atoms with Crippen molar-refractivity contribution in [2.24, 2.45) is 0 Å². The molecule has 0 saturated heterocycles. The summed E-state index contributed by atoms with van der Waals surface area (Å²) in [6.45, 7) is 7.61. The number of rotatable bonds is 8. The number of hydrogen-bond acceptors (Lipinski definition) is 5. The molecule has 136 valence electrons. The smallest absolute Gasteiger partial charge is 0.216 e. The lowest BCUT2D eigenvalue weighted by Gasteiger charge is -2.19. The van der Waals surface area contributed by atoms with Crippen LogP contribution in [-0.4, -0.2) is 39.5 Å². The molecule has 2 rings (SSSR count). The van der Waals surface area contributed by atoms with E-state index in [0.717, 1.165) is 43.0 Å². The summed E-state index contributed by atoms with van der Waals surface area (Å²) in [4.78, 5) is 0. The summed E-state index contributed by atoms with van der Waals surface area (Å²) in [5.41, 5.74) is 1.01. The topological polar surface area (TPSA) is 76.7 Å². The number of hydrogen-bond donors (Lipinski definition) is 2. The van der Waals surface area contributed by atoms with Crippen LogP contribution in [0.15, 0.2) is 18.2 Å². The normalized spacial score (nSPS) is 14.5. The monoisotopic (exact) mass is 356 g/mol. The summed E-state index contributed by atoms with van der Waals surface area (Å²) in [6.07, 6.45) is 2.77. The largest absolute Gasteiger partial charge is 0.486 e. The molecule has 0 saturated carbocycles. The molecule has 1 aromatic carbocycles. The van der Waals surface area contributed by atoms with Gasteiger partial charge in [-0.2, -0.15) is 0 Å². The first-order valence-corrected chi connectivity index (χ1v) is 9.91. The molecule has 0 aliphatic carbocycles. The van der Waals surface area contributed by atoms with E-state index < -0.39 is 14.8 Å². The molecule has 0 atom stereocenters. The molecule has 0 aromatic heterocycles. The molecule has 1 aliphatic heterocycles. The zero-order valence-corrected chi connectivity index (χ0v) is 15.5. The number of nitrogens with one attached hydrogen (secondary N) is 2. The van der Waals surface area contributed by atoms with Crippen LogP contribution in [0, 0.1) is 0 Å². The first-order chi connectivity index (χ1) is 11.3. The van der Waals surface area contributed by atoms with E-state index in [9.17, 15) is 8.42 Å². The van der Waals surface area contributed by atoms with Gasteiger partial charge in [0.15, 0.2) is 11.5 Å². The highest BCUT2D eigenvalue weighted by Crippen LogP contribution is 2.32. The van der Waals surface area contributed by atoms with Crippen molar-refractivity contribution in [1.29, 1.82) is 0 Å². The van der Waals surface area contributed by atoms with Crippen LogP contribution >= 0.6 is 0 Å². The third-order valence-electron chi connectivity index (χ3n) is 3.82. The van der Waals surface area contributed by atoms with Crippen molar-refractivity contribution in [2.75, 3.05) is 31.6 Å². The van der Waals surface area contributed by atoms with Crippen molar-refractivity contribution >= 4 is 15.7 Å². The second kappa shape index (κ2) is 8.07. The molecule has 0 radical (unpaired) electrons. The Kier molecular flexibility index (Phi) is 6.34. The Morgan fingerprint density at radius 1 is 1.00 bits per heavy atom. The molecular formula is C17H28N2O4S. The Morgan fingerprint density at radius 3 is 2.38 bits per heavy atom. The highest BCUT2D eigenvalue weighted by molar-refractivity contribution is 7.90. The molecule has 2 N–H and O–H groups in total. The lowest BCUT2D eigenvalue weighted by molar-refractivity contribution is 0.171. The van der Waals surface area contributed by atoms with Gasteiger partial charge in [0.25, 0.3) is 0 Å². The summed E-state index contributed by atoms with van der Waals surface area (Å²) in [7, 11) is -3.23. The van der Waals surface area contributed by atoms with Gasteiger partial charge in [-0.3, -0.25) is 0 Å². The Hall–Kier alpha value is -1.47. The van der Waals surface area contributed by atoms with E-state index >= 15 is 0 Å². The van der Waals surface area contributed by atoms with E-state index in [-0.39, 0.29) is 0 Å². The fourth-order valence-electron chi connectivity index (χ4n) is 2.24. The van der Waals surface area contributed by atoms with Gasteiger partial charge >= 0.3 is 0 Å². The second-order valence-electron chi connectivity index (χ2n) is 6.86. The molecule has 0 bridgehead atoms. The van der Waals surface area contributed by atoms with E-state index in [4.69, 9.17) is 9.47 Å². The van der Waals surface area contributed by atoms with Crippen LogP contribution < -0.4 is 19.5 Å². The second-order valence-corrected chi connectivity index (χ2v) is 9.38. The average molecular weight is 356 g/mol. The molecule has 7 heteroatoms. The third kappa shape index (κ3) is 5.27. The minimum atomic E-state index is -3.23. The van der Waals surface area contributed by atoms with Crippen LogP contribution in [0.2, 0.25) is 0 Å². The van der Waals surface area contributed by atoms with Crippen molar-refractivity contribution < 1.29 is 17.9 Å². The summed E-state index contributed by atoms with van der Waals surface area (Å²) in [5.74, 6) is 1.57. The van der Waals surface area contributed by atoms with Gasteiger partial charge in [-0.25, -0.2) is 13.1 Å². The van der Waals surface area contributed by atoms with E-state index in [0.29, 0.717) is 19.8 Å². The van der Waals surface area contributed by atoms with E-state index in [2.05, 4.69) is 10.0 Å². The predicted octanol–water partition coefficient (Wildman–Crippen LogP) is 2.76. The number of ether oxygens (including phenoxy) is 2. The van der Waals surface area contributed by atoms with Crippen molar-refractivity contribution in [3.8, 4) is 11.5 Å². The highest BCUT2D eigenvalue weighted by Gasteiger charge is 2.27. The fraction of sp³-hybridized carbons (Fsp3) is 0.647. The average Bonchev–Trinajstić information content (AvgIpc) is 2.52. The van der Waals surface area contributed by atoms with E-state index in [1.165, 1.54) is 0 Å². The van der Waals surface area contributed by atoms with E-state index in [1.807, 2.05) is 18.2 Å². The zero-order chi connectivity index (χ0) is 17.6. The minimum absolute atomic E-state index is 0.490. The van der Waals surface area contributed by atoms with Gasteiger partial charge in [0, 0.05) is 24.8 Å². The Balaban J connectivity index is 1.62. The molecular weight excluding hydrogens is 328 g/mol. The predicted molar refractivity (Wildman–Crippen MR) is 96.4 cm³/mol. The number of sulfonamides is 1. The number of anilines is 1. The molecule has 0 spiro atoms. The number of fused-ring (bicyclic) bond motifs is 1. The van der Waals surface area contributed by atoms with Crippen LogP contribution in [0.25, 0.3) is 0 Å². The maximum Gasteiger partial charge on any atom is 0.216 e. The maximum atomic E-state index is 11.9. The van der Waals surface area contributed by atoms with Crippen LogP contribution in [-0.2, 0) is 10.0 Å². The molecule has 24 heavy (non-hydrogen) atoms. The lowest BCUT2D eigenvalue weighted by atomic mass is 10.2. The maximum absolute atomic E-state index is 11.9. The molecule has 0 amide bonds. The fourth-order valence-corrected chi connectivity index (χ4v) is 3.08. The van der Waals surface area contributed by atoms with Crippen LogP contribution in [0.4, 0.5) is 5.69 Å². The number of benzene rings is 1. The summed E-state index contributed by atoms with van der Waals surface area (Å²) >= 11 is 0. The zero-order valence-electron chi connectivity index (χ0n) is 14.7. The molecule has 0 unspecified atom stereocenters. The van der Waals surface area contributed by atoms with Gasteiger partial charge in [-0.05, 0) is 45.7 Å². The summed E-state index contributed by atoms with van der Waals surface area (Å²) in [6, 6.07) is 5.84. The van der Waals surface area contributed by atoms with Gasteiger partial charge in [0.2, 0.25) is 10.0 Å². The number of unbranched alkanes of at least 4 members (excludes halogenated alkanes) is 2.